The zero-order chi connectivity index (χ0) is 36.7. The van der Waals surface area contributed by atoms with E-state index in [4.69, 9.17) is 9.47 Å². The van der Waals surface area contributed by atoms with Crippen LogP contribution in [0.4, 0.5) is 0 Å². The zero-order valence-electron chi connectivity index (χ0n) is 30.2. The average Bonchev–Trinajstić information content (AvgIpc) is 3.96. The van der Waals surface area contributed by atoms with Gasteiger partial charge in [0.1, 0.15) is 17.6 Å². The Balaban J connectivity index is 1.27. The molecule has 4 fully saturated rings. The number of methoxy groups -OCH3 is 1. The molecule has 6 rings (SSSR count). The van der Waals surface area contributed by atoms with Gasteiger partial charge in [0.05, 0.1) is 30.4 Å². The molecule has 4 aliphatic rings. The van der Waals surface area contributed by atoms with E-state index in [2.05, 4.69) is 16.3 Å². The normalized spacial score (nSPS) is 25.7. The summed E-state index contributed by atoms with van der Waals surface area (Å²) in [6, 6.07) is 6.43. The van der Waals surface area contributed by atoms with Crippen molar-refractivity contribution in [3.8, 4) is 11.6 Å². The number of sulfonamides is 1. The van der Waals surface area contributed by atoms with Crippen LogP contribution in [-0.2, 0) is 29.2 Å². The first kappa shape index (κ1) is 37.0. The molecule has 1 aliphatic heterocycles. The standard InChI is InChI=1S/C39H51N3O8S/c1-6-26-21-39(26,37(46)41-51(47,48)30-12-13-30)22-34(44)33-20-29(50-35-31-14-11-28(49-5)18-25(31)15-16-40-35)23-42(33)36(45)32(38(2,3)4)19-27(43)17-24-9-7-8-10-24/h6,11,14-16,18,24,26,29-30,32-33H,1,7-10,12-13,17,19-23H2,2-5H3,(H,41,46)/t26-,29?,32-,33+,39-/m1/s1. The molecule has 0 radical (unpaired) electrons. The second-order valence-electron chi connectivity index (χ2n) is 16.2. The number of rotatable bonds is 15. The Morgan fingerprint density at radius 3 is 2.47 bits per heavy atom. The van der Waals surface area contributed by atoms with Crippen LogP contribution in [0.2, 0.25) is 0 Å². The van der Waals surface area contributed by atoms with E-state index in [0.29, 0.717) is 43.2 Å². The molecule has 0 spiro atoms. The Kier molecular flexibility index (Phi) is 10.4. The maximum absolute atomic E-state index is 14.6. The van der Waals surface area contributed by atoms with Crippen LogP contribution in [0.3, 0.4) is 0 Å². The van der Waals surface area contributed by atoms with Gasteiger partial charge in [0.2, 0.25) is 27.7 Å². The van der Waals surface area contributed by atoms with Crippen LogP contribution in [0.5, 0.6) is 11.6 Å². The molecule has 3 saturated carbocycles. The lowest BCUT2D eigenvalue weighted by molar-refractivity contribution is -0.146. The van der Waals surface area contributed by atoms with Gasteiger partial charge in [-0.1, -0.05) is 52.5 Å². The zero-order valence-corrected chi connectivity index (χ0v) is 31.0. The molecule has 0 bridgehead atoms. The number of carbonyl (C=O) groups is 4. The smallest absolute Gasteiger partial charge is 0.240 e. The number of nitrogens with zero attached hydrogens (tertiary/aromatic N) is 2. The average molecular weight is 722 g/mol. The molecule has 1 saturated heterocycles. The minimum atomic E-state index is -3.83. The summed E-state index contributed by atoms with van der Waals surface area (Å²) in [5, 5.41) is 1.01. The number of ether oxygens (including phenoxy) is 2. The molecule has 1 unspecified atom stereocenters. The van der Waals surface area contributed by atoms with Gasteiger partial charge in [-0.05, 0) is 66.2 Å². The number of allylic oxidation sites excluding steroid dienone is 1. The van der Waals surface area contributed by atoms with Crippen LogP contribution in [-0.4, -0.2) is 72.7 Å². The molecule has 3 aliphatic carbocycles. The maximum Gasteiger partial charge on any atom is 0.240 e. The molecular weight excluding hydrogens is 671 g/mol. The van der Waals surface area contributed by atoms with Gasteiger partial charge >= 0.3 is 0 Å². The van der Waals surface area contributed by atoms with Crippen LogP contribution >= 0.6 is 0 Å². The minimum Gasteiger partial charge on any atom is -0.497 e. The number of benzene rings is 1. The number of Topliss-reactive ketones (excluding diaryl/α,β-unsaturated/α-hetero) is 2. The van der Waals surface area contributed by atoms with E-state index in [1.807, 2.05) is 45.0 Å². The van der Waals surface area contributed by atoms with Gasteiger partial charge in [-0.25, -0.2) is 13.4 Å². The minimum absolute atomic E-state index is 0.0553. The third-order valence-electron chi connectivity index (χ3n) is 11.5. The van der Waals surface area contributed by atoms with Crippen LogP contribution in [0, 0.1) is 28.6 Å². The van der Waals surface area contributed by atoms with E-state index in [1.54, 1.807) is 19.4 Å². The van der Waals surface area contributed by atoms with Crippen LogP contribution in [0.15, 0.2) is 43.1 Å². The number of aromatic nitrogens is 1. The number of carbonyl (C=O) groups excluding carboxylic acids is 4. The summed E-state index contributed by atoms with van der Waals surface area (Å²) in [7, 11) is -2.24. The number of ketones is 2. The molecule has 2 heterocycles. The first-order valence-electron chi connectivity index (χ1n) is 18.3. The topological polar surface area (TPSA) is 149 Å². The van der Waals surface area contributed by atoms with Gasteiger partial charge in [-0.15, -0.1) is 6.58 Å². The molecule has 2 amide bonds. The number of pyridine rings is 1. The van der Waals surface area contributed by atoms with Crippen LogP contribution in [0.25, 0.3) is 10.8 Å². The predicted octanol–water partition coefficient (Wildman–Crippen LogP) is 5.55. The summed E-state index contributed by atoms with van der Waals surface area (Å²) in [5.41, 5.74) is -1.83. The van der Waals surface area contributed by atoms with Gasteiger partial charge in [0.25, 0.3) is 0 Å². The highest BCUT2D eigenvalue weighted by atomic mass is 32.2. The summed E-state index contributed by atoms with van der Waals surface area (Å²) in [4.78, 5) is 62.0. The third-order valence-corrected chi connectivity index (χ3v) is 13.3. The fourth-order valence-corrected chi connectivity index (χ4v) is 9.44. The van der Waals surface area contributed by atoms with Crippen molar-refractivity contribution in [2.45, 2.75) is 109 Å². The Labute approximate surface area is 301 Å². The largest absolute Gasteiger partial charge is 0.497 e. The third kappa shape index (κ3) is 8.00. The predicted molar refractivity (Wildman–Crippen MR) is 192 cm³/mol. The second-order valence-corrected chi connectivity index (χ2v) is 18.2. The van der Waals surface area contributed by atoms with E-state index in [9.17, 15) is 27.6 Å². The van der Waals surface area contributed by atoms with Gasteiger partial charge in [0.15, 0.2) is 5.78 Å². The summed E-state index contributed by atoms with van der Waals surface area (Å²) in [6.45, 7) is 9.73. The quantitative estimate of drug-likeness (QED) is 0.234. The Morgan fingerprint density at radius 2 is 1.84 bits per heavy atom. The van der Waals surface area contributed by atoms with Crippen molar-refractivity contribution in [2.24, 2.45) is 28.6 Å². The van der Waals surface area contributed by atoms with Crippen molar-refractivity contribution in [2.75, 3.05) is 13.7 Å². The summed E-state index contributed by atoms with van der Waals surface area (Å²) >= 11 is 0. The second kappa shape index (κ2) is 14.3. The highest BCUT2D eigenvalue weighted by Gasteiger charge is 2.61. The SMILES string of the molecule is C=C[C@@H]1C[C@]1(CC(=O)[C@@H]1CC(Oc2nccc3cc(OC)ccc23)CN1C(=O)[C@@H](CC(=O)CC1CCCC1)C(C)(C)C)C(=O)NS(=O)(=O)C1CC1. The lowest BCUT2D eigenvalue weighted by Gasteiger charge is -2.35. The summed E-state index contributed by atoms with van der Waals surface area (Å²) < 4.78 is 39.5. The van der Waals surface area contributed by atoms with Gasteiger partial charge in [0, 0.05) is 43.2 Å². The lowest BCUT2D eigenvalue weighted by atomic mass is 9.76. The van der Waals surface area contributed by atoms with E-state index in [1.165, 1.54) is 4.90 Å². The Hall–Kier alpha value is -3.80. The number of likely N-dealkylation sites (tertiary alicyclic amines) is 1. The van der Waals surface area contributed by atoms with Crippen LogP contribution < -0.4 is 14.2 Å². The number of fused-ring (bicyclic) bond motifs is 1. The van der Waals surface area contributed by atoms with Gasteiger partial charge in [-0.2, -0.15) is 0 Å². The molecule has 12 heteroatoms. The van der Waals surface area contributed by atoms with E-state index in [0.717, 1.165) is 36.5 Å². The van der Waals surface area contributed by atoms with Crippen molar-refractivity contribution >= 4 is 44.2 Å². The van der Waals surface area contributed by atoms with E-state index in [-0.39, 0.29) is 49.2 Å². The molecule has 11 nitrogen and oxygen atoms in total. The van der Waals surface area contributed by atoms with Gasteiger partial charge < -0.3 is 14.4 Å². The van der Waals surface area contributed by atoms with E-state index < -0.39 is 50.1 Å². The monoisotopic (exact) mass is 721 g/mol. The molecule has 5 atom stereocenters. The van der Waals surface area contributed by atoms with Crippen molar-refractivity contribution in [1.29, 1.82) is 0 Å². The van der Waals surface area contributed by atoms with Crippen molar-refractivity contribution < 1.29 is 37.1 Å². The summed E-state index contributed by atoms with van der Waals surface area (Å²) in [6.07, 6.45) is 8.64. The fourth-order valence-electron chi connectivity index (χ4n) is 8.06. The number of nitrogens with one attached hydrogen (secondary N) is 1. The first-order chi connectivity index (χ1) is 24.1. The van der Waals surface area contributed by atoms with Crippen molar-refractivity contribution in [3.63, 3.8) is 0 Å². The summed E-state index contributed by atoms with van der Waals surface area (Å²) in [5.74, 6) is -0.952. The molecular formula is C39H51N3O8S. The molecule has 1 N–H and O–H groups in total. The Morgan fingerprint density at radius 1 is 1.12 bits per heavy atom. The number of hydrogen-bond acceptors (Lipinski definition) is 9. The van der Waals surface area contributed by atoms with Gasteiger partial charge in [-0.3, -0.25) is 23.9 Å². The first-order valence-corrected chi connectivity index (χ1v) is 19.8. The molecule has 1 aromatic carbocycles. The molecule has 1 aromatic heterocycles. The number of amides is 2. The lowest BCUT2D eigenvalue weighted by Crippen LogP contribution is -2.48. The molecule has 51 heavy (non-hydrogen) atoms. The maximum atomic E-state index is 14.6. The van der Waals surface area contributed by atoms with E-state index >= 15 is 0 Å². The van der Waals surface area contributed by atoms with Crippen molar-refractivity contribution in [1.82, 2.24) is 14.6 Å². The van der Waals surface area contributed by atoms with Crippen LogP contribution in [0.1, 0.15) is 91.4 Å². The molecule has 2 aromatic rings. The fraction of sp³-hybridized carbons (Fsp3) is 0.615. The highest BCUT2D eigenvalue weighted by Crippen LogP contribution is 2.57. The molecule has 276 valence electrons. The Bertz CT molecular complexity index is 1810. The van der Waals surface area contributed by atoms with Crippen molar-refractivity contribution in [3.05, 3.63) is 43.1 Å². The highest BCUT2D eigenvalue weighted by molar-refractivity contribution is 7.90. The number of hydrogen-bond donors (Lipinski definition) is 1.